The molecule has 0 fully saturated rings. The first-order chi connectivity index (χ1) is 22.8. The molecule has 0 N–H and O–H groups in total. The topological polar surface area (TPSA) is 6.48 Å². The Labute approximate surface area is 275 Å². The number of benzene rings is 7. The fourth-order valence-electron chi connectivity index (χ4n) is 6.60. The highest BCUT2D eigenvalue weighted by Gasteiger charge is 2.21. The van der Waals surface area contributed by atoms with Gasteiger partial charge in [-0.1, -0.05) is 109 Å². The summed E-state index contributed by atoms with van der Waals surface area (Å²) in [6.45, 7) is 0. The number of nitrogens with zero attached hydrogens (tertiary/aromatic N) is 2. The zero-order valence-electron chi connectivity index (χ0n) is 24.9. The summed E-state index contributed by atoms with van der Waals surface area (Å²) in [5, 5.41) is 10.2. The van der Waals surface area contributed by atoms with Crippen molar-refractivity contribution in [2.24, 2.45) is 0 Å². The predicted octanol–water partition coefficient (Wildman–Crippen LogP) is 13.4. The molecule has 9 aromatic rings. The summed E-state index contributed by atoms with van der Waals surface area (Å²) in [6.07, 6.45) is 0. The van der Waals surface area contributed by atoms with Gasteiger partial charge < -0.3 is 9.80 Å². The lowest BCUT2D eigenvalue weighted by Crippen LogP contribution is -2.07. The highest BCUT2D eigenvalue weighted by Crippen LogP contribution is 2.50. The first kappa shape index (κ1) is 26.9. The van der Waals surface area contributed by atoms with Gasteiger partial charge in [-0.2, -0.15) is 0 Å². The number of para-hydroxylation sites is 4. The van der Waals surface area contributed by atoms with Crippen molar-refractivity contribution in [1.29, 1.82) is 0 Å². The zero-order chi connectivity index (χ0) is 30.5. The van der Waals surface area contributed by atoms with Crippen molar-refractivity contribution in [3.63, 3.8) is 0 Å². The second kappa shape index (κ2) is 11.2. The predicted molar refractivity (Wildman–Crippen MR) is 202 cm³/mol. The smallest absolute Gasteiger partial charge is 0.101 e. The summed E-state index contributed by atoms with van der Waals surface area (Å²) in [6, 6.07) is 61.0. The van der Waals surface area contributed by atoms with Crippen molar-refractivity contribution in [1.82, 2.24) is 0 Å². The molecule has 0 saturated heterocycles. The van der Waals surface area contributed by atoms with Gasteiger partial charge in [0.05, 0.1) is 0 Å². The minimum atomic E-state index is 1.15. The molecule has 0 amide bonds. The van der Waals surface area contributed by atoms with Crippen molar-refractivity contribution in [3.8, 4) is 0 Å². The highest BCUT2D eigenvalue weighted by atomic mass is 32.1. The average Bonchev–Trinajstić information content (AvgIpc) is 3.76. The molecule has 2 heterocycles. The van der Waals surface area contributed by atoms with Crippen LogP contribution in [0.25, 0.3) is 41.7 Å². The molecule has 46 heavy (non-hydrogen) atoms. The number of anilines is 6. The molecule has 7 aromatic carbocycles. The van der Waals surface area contributed by atoms with Gasteiger partial charge in [-0.15, -0.1) is 22.7 Å². The number of fused-ring (bicyclic) bond motifs is 8. The quantitative estimate of drug-likeness (QED) is 0.170. The summed E-state index contributed by atoms with van der Waals surface area (Å²) in [5.74, 6) is 0. The lowest BCUT2D eigenvalue weighted by molar-refractivity contribution is 1.32. The Kier molecular flexibility index (Phi) is 6.55. The molecular formula is C42H28N2S2. The standard InChI is InChI=1S/C42H28N2S2/c1-5-15-30(16-6-1)43(31-17-7-2-8-18-31)38-27-29-25-26-36-40(41(29)45-38)35-24-14-13-23-34(35)37-28-39(46-42(36)37)44(32-19-9-3-10-20-32)33-21-11-4-12-22-33/h1-28H. The molecule has 0 radical (unpaired) electrons. The third-order valence-electron chi connectivity index (χ3n) is 8.62. The van der Waals surface area contributed by atoms with Crippen LogP contribution in [0.1, 0.15) is 0 Å². The first-order valence-corrected chi connectivity index (χ1v) is 17.1. The molecule has 2 aromatic heterocycles. The Morgan fingerprint density at radius 2 is 0.761 bits per heavy atom. The molecule has 4 heteroatoms. The molecule has 0 atom stereocenters. The minimum absolute atomic E-state index is 1.15. The van der Waals surface area contributed by atoms with Crippen LogP contribution in [0.15, 0.2) is 170 Å². The summed E-state index contributed by atoms with van der Waals surface area (Å²) in [5.41, 5.74) is 4.62. The van der Waals surface area contributed by atoms with Crippen molar-refractivity contribution >= 4 is 97.1 Å². The van der Waals surface area contributed by atoms with Crippen LogP contribution in [0.4, 0.5) is 32.8 Å². The van der Waals surface area contributed by atoms with Gasteiger partial charge in [0.25, 0.3) is 0 Å². The maximum Gasteiger partial charge on any atom is 0.101 e. The second-order valence-electron chi connectivity index (χ2n) is 11.4. The Morgan fingerprint density at radius 1 is 0.326 bits per heavy atom. The lowest BCUT2D eigenvalue weighted by atomic mass is 9.98. The van der Waals surface area contributed by atoms with Crippen LogP contribution in [0.2, 0.25) is 0 Å². The van der Waals surface area contributed by atoms with Crippen LogP contribution in [-0.4, -0.2) is 0 Å². The summed E-state index contributed by atoms with van der Waals surface area (Å²) in [4.78, 5) is 4.75. The van der Waals surface area contributed by atoms with E-state index >= 15 is 0 Å². The second-order valence-corrected chi connectivity index (χ2v) is 13.4. The van der Waals surface area contributed by atoms with Crippen molar-refractivity contribution in [3.05, 3.63) is 170 Å². The monoisotopic (exact) mass is 624 g/mol. The zero-order valence-corrected chi connectivity index (χ0v) is 26.5. The van der Waals surface area contributed by atoms with E-state index in [1.807, 2.05) is 22.7 Å². The third kappa shape index (κ3) is 4.46. The molecule has 9 rings (SSSR count). The molecule has 218 valence electrons. The summed E-state index contributed by atoms with van der Waals surface area (Å²) >= 11 is 3.75. The maximum atomic E-state index is 2.39. The fourth-order valence-corrected chi connectivity index (χ4v) is 9.11. The number of thiophene rings is 2. The number of hydrogen-bond donors (Lipinski definition) is 0. The summed E-state index contributed by atoms with van der Waals surface area (Å²) in [7, 11) is 0. The van der Waals surface area contributed by atoms with Crippen LogP contribution in [0.5, 0.6) is 0 Å². The van der Waals surface area contributed by atoms with E-state index in [1.165, 1.54) is 51.7 Å². The van der Waals surface area contributed by atoms with Gasteiger partial charge in [0, 0.05) is 48.3 Å². The van der Waals surface area contributed by atoms with Gasteiger partial charge in [0.2, 0.25) is 0 Å². The van der Waals surface area contributed by atoms with Gasteiger partial charge in [-0.05, 0) is 76.8 Å². The Bertz CT molecular complexity index is 2390. The molecule has 0 unspecified atom stereocenters. The van der Waals surface area contributed by atoms with Crippen LogP contribution >= 0.6 is 22.7 Å². The van der Waals surface area contributed by atoms with Crippen LogP contribution < -0.4 is 9.80 Å². The normalized spacial score (nSPS) is 11.5. The average molecular weight is 625 g/mol. The molecular weight excluding hydrogens is 597 g/mol. The van der Waals surface area contributed by atoms with E-state index in [1.54, 1.807) is 0 Å². The van der Waals surface area contributed by atoms with E-state index in [9.17, 15) is 0 Å². The molecule has 2 nitrogen and oxygen atoms in total. The van der Waals surface area contributed by atoms with E-state index in [0.29, 0.717) is 0 Å². The van der Waals surface area contributed by atoms with Gasteiger partial charge in [0.15, 0.2) is 0 Å². The molecule has 0 aliphatic carbocycles. The SMILES string of the molecule is c1ccc(N(c2ccccc2)c2cc3c4ccccc4c4c(ccc5cc(N(c6ccccc6)c6ccccc6)sc54)c3s2)cc1. The van der Waals surface area contributed by atoms with Gasteiger partial charge in [-0.25, -0.2) is 0 Å². The minimum Gasteiger partial charge on any atom is -0.302 e. The van der Waals surface area contributed by atoms with Crippen LogP contribution in [0.3, 0.4) is 0 Å². The van der Waals surface area contributed by atoms with Crippen molar-refractivity contribution in [2.45, 2.75) is 0 Å². The molecule has 0 saturated carbocycles. The van der Waals surface area contributed by atoms with E-state index in [0.717, 1.165) is 22.7 Å². The molecule has 0 bridgehead atoms. The van der Waals surface area contributed by atoms with Gasteiger partial charge in [-0.3, -0.25) is 0 Å². The van der Waals surface area contributed by atoms with Gasteiger partial charge >= 0.3 is 0 Å². The highest BCUT2D eigenvalue weighted by molar-refractivity contribution is 7.25. The molecule has 0 aliphatic rings. The Hall–Kier alpha value is -5.42. The Balaban J connectivity index is 1.31. The number of rotatable bonds is 6. The molecule has 0 spiro atoms. The Morgan fingerprint density at radius 3 is 1.28 bits per heavy atom. The largest absolute Gasteiger partial charge is 0.302 e. The van der Waals surface area contributed by atoms with Crippen molar-refractivity contribution in [2.75, 3.05) is 9.80 Å². The maximum absolute atomic E-state index is 2.39. The lowest BCUT2D eigenvalue weighted by Gasteiger charge is -2.23. The molecule has 0 aliphatic heterocycles. The fraction of sp³-hybridized carbons (Fsp3) is 0. The van der Waals surface area contributed by atoms with Crippen molar-refractivity contribution < 1.29 is 0 Å². The summed E-state index contributed by atoms with van der Waals surface area (Å²) < 4.78 is 2.64. The first-order valence-electron chi connectivity index (χ1n) is 15.4. The number of hydrogen-bond acceptors (Lipinski definition) is 4. The van der Waals surface area contributed by atoms with E-state index in [2.05, 4.69) is 180 Å². The van der Waals surface area contributed by atoms with Crippen LogP contribution in [-0.2, 0) is 0 Å². The van der Waals surface area contributed by atoms with E-state index < -0.39 is 0 Å². The van der Waals surface area contributed by atoms with E-state index in [-0.39, 0.29) is 0 Å². The van der Waals surface area contributed by atoms with Crippen LogP contribution in [0, 0.1) is 0 Å². The van der Waals surface area contributed by atoms with Gasteiger partial charge in [0.1, 0.15) is 10.0 Å². The van der Waals surface area contributed by atoms with E-state index in [4.69, 9.17) is 0 Å². The third-order valence-corrected chi connectivity index (χ3v) is 10.9.